The fourth-order valence-corrected chi connectivity index (χ4v) is 2.33. The number of benzene rings is 1. The fraction of sp³-hybridized carbons (Fsp3) is 0.111. The van der Waals surface area contributed by atoms with Crippen molar-refractivity contribution in [2.24, 2.45) is 0 Å². The molecule has 2 N–H and O–H groups in total. The first kappa shape index (κ1) is 17.3. The van der Waals surface area contributed by atoms with Crippen molar-refractivity contribution in [2.75, 3.05) is 13.1 Å². The van der Waals surface area contributed by atoms with Crippen LogP contribution in [0.4, 0.5) is 4.39 Å². The summed E-state index contributed by atoms with van der Waals surface area (Å²) >= 11 is 0. The molecule has 2 heterocycles. The maximum Gasteiger partial charge on any atom is 0.270 e. The number of aromatic nitrogens is 2. The average molecular weight is 354 g/mol. The van der Waals surface area contributed by atoms with Crippen molar-refractivity contribution < 1.29 is 14.0 Å². The number of rotatable bonds is 5. The molecule has 26 heavy (non-hydrogen) atoms. The second kappa shape index (κ2) is 7.56. The third-order valence-corrected chi connectivity index (χ3v) is 3.66. The number of nitrogens with zero attached hydrogens (tertiary/aromatic N) is 2. The molecule has 0 spiro atoms. The first-order valence-corrected chi connectivity index (χ1v) is 7.84. The van der Waals surface area contributed by atoms with Gasteiger partial charge in [0.1, 0.15) is 17.0 Å². The van der Waals surface area contributed by atoms with E-state index in [0.717, 1.165) is 0 Å². The van der Waals surface area contributed by atoms with Gasteiger partial charge in [-0.25, -0.2) is 9.37 Å². The van der Waals surface area contributed by atoms with Gasteiger partial charge in [0.2, 0.25) is 0 Å². The Morgan fingerprint density at radius 3 is 2.42 bits per heavy atom. The van der Waals surface area contributed by atoms with Gasteiger partial charge < -0.3 is 10.6 Å². The molecule has 0 unspecified atom stereocenters. The Hall–Kier alpha value is -3.55. The van der Waals surface area contributed by atoms with Crippen molar-refractivity contribution >= 4 is 17.5 Å². The summed E-state index contributed by atoms with van der Waals surface area (Å²) in [6, 6.07) is 10.2. The summed E-state index contributed by atoms with van der Waals surface area (Å²) in [6.07, 6.45) is 2.76. The molecule has 1 aromatic carbocycles. The zero-order valence-electron chi connectivity index (χ0n) is 13.6. The van der Waals surface area contributed by atoms with Crippen LogP contribution in [0.2, 0.25) is 0 Å². The maximum atomic E-state index is 12.8. The minimum absolute atomic E-state index is 0.0847. The normalized spacial score (nSPS) is 10.5. The number of pyridine rings is 1. The topological polar surface area (TPSA) is 92.6 Å². The van der Waals surface area contributed by atoms with Gasteiger partial charge in [0, 0.05) is 31.0 Å². The van der Waals surface area contributed by atoms with Crippen LogP contribution in [0.25, 0.3) is 5.65 Å². The second-order valence-corrected chi connectivity index (χ2v) is 5.42. The van der Waals surface area contributed by atoms with Gasteiger partial charge in [-0.3, -0.25) is 18.8 Å². The van der Waals surface area contributed by atoms with Crippen molar-refractivity contribution in [3.8, 4) is 0 Å². The molecule has 0 atom stereocenters. The molecular weight excluding hydrogens is 339 g/mol. The summed E-state index contributed by atoms with van der Waals surface area (Å²) in [4.78, 5) is 40.4. The maximum absolute atomic E-state index is 12.8. The second-order valence-electron chi connectivity index (χ2n) is 5.42. The van der Waals surface area contributed by atoms with Crippen LogP contribution < -0.4 is 16.2 Å². The van der Waals surface area contributed by atoms with Gasteiger partial charge in [-0.15, -0.1) is 0 Å². The first-order chi connectivity index (χ1) is 12.6. The van der Waals surface area contributed by atoms with E-state index in [1.165, 1.54) is 41.1 Å². The molecule has 3 rings (SSSR count). The van der Waals surface area contributed by atoms with Crippen molar-refractivity contribution in [1.29, 1.82) is 0 Å². The van der Waals surface area contributed by atoms with E-state index in [1.807, 2.05) is 0 Å². The van der Waals surface area contributed by atoms with E-state index >= 15 is 0 Å². The smallest absolute Gasteiger partial charge is 0.270 e. The number of hydrogen-bond donors (Lipinski definition) is 2. The molecule has 0 aliphatic carbocycles. The fourth-order valence-electron chi connectivity index (χ4n) is 2.33. The van der Waals surface area contributed by atoms with Gasteiger partial charge >= 0.3 is 0 Å². The number of carbonyl (C=O) groups excluding carboxylic acids is 2. The molecule has 8 heteroatoms. The molecule has 2 aromatic heterocycles. The average Bonchev–Trinajstić information content (AvgIpc) is 2.66. The highest BCUT2D eigenvalue weighted by Crippen LogP contribution is 2.02. The van der Waals surface area contributed by atoms with Crippen LogP contribution in [-0.4, -0.2) is 34.3 Å². The lowest BCUT2D eigenvalue weighted by Crippen LogP contribution is -2.37. The predicted octanol–water partition coefficient (Wildman–Crippen LogP) is 0.993. The summed E-state index contributed by atoms with van der Waals surface area (Å²) in [7, 11) is 0. The zero-order chi connectivity index (χ0) is 18.5. The highest BCUT2D eigenvalue weighted by atomic mass is 19.1. The molecule has 0 saturated heterocycles. The minimum Gasteiger partial charge on any atom is -0.350 e. The first-order valence-electron chi connectivity index (χ1n) is 7.84. The van der Waals surface area contributed by atoms with Crippen LogP contribution >= 0.6 is 0 Å². The lowest BCUT2D eigenvalue weighted by atomic mass is 10.2. The number of carbonyl (C=O) groups is 2. The number of hydrogen-bond acceptors (Lipinski definition) is 4. The Morgan fingerprint density at radius 1 is 1.00 bits per heavy atom. The van der Waals surface area contributed by atoms with E-state index in [1.54, 1.807) is 18.2 Å². The lowest BCUT2D eigenvalue weighted by Gasteiger charge is -2.07. The van der Waals surface area contributed by atoms with E-state index in [2.05, 4.69) is 15.6 Å². The summed E-state index contributed by atoms with van der Waals surface area (Å²) < 4.78 is 14.1. The number of halogens is 1. The van der Waals surface area contributed by atoms with E-state index in [-0.39, 0.29) is 24.6 Å². The van der Waals surface area contributed by atoms with Crippen LogP contribution in [0, 0.1) is 5.82 Å². The summed E-state index contributed by atoms with van der Waals surface area (Å²) in [6.45, 7) is 0.285. The van der Waals surface area contributed by atoms with E-state index < -0.39 is 17.3 Å². The third-order valence-electron chi connectivity index (χ3n) is 3.66. The molecule has 7 nitrogen and oxygen atoms in total. The molecule has 0 radical (unpaired) electrons. The number of fused-ring (bicyclic) bond motifs is 1. The number of amides is 2. The molecule has 0 saturated carbocycles. The largest absolute Gasteiger partial charge is 0.350 e. The quantitative estimate of drug-likeness (QED) is 0.669. The molecule has 3 aromatic rings. The van der Waals surface area contributed by atoms with Crippen LogP contribution in [0.5, 0.6) is 0 Å². The monoisotopic (exact) mass is 354 g/mol. The lowest BCUT2D eigenvalue weighted by molar-refractivity contribution is 0.0926. The standard InChI is InChI=1S/C18H15FN4O3/c19-13-6-4-12(5-7-13)16(24)20-8-9-21-17(25)14-11-22-15-3-1-2-10-23(15)18(14)26/h1-7,10-11H,8-9H2,(H,20,24)(H,21,25). The number of nitrogens with one attached hydrogen (secondary N) is 2. The van der Waals surface area contributed by atoms with Gasteiger partial charge in [-0.2, -0.15) is 0 Å². The minimum atomic E-state index is -0.572. The van der Waals surface area contributed by atoms with Gasteiger partial charge in [0.25, 0.3) is 17.4 Å². The molecule has 0 fully saturated rings. The van der Waals surface area contributed by atoms with Crippen LogP contribution in [0.1, 0.15) is 20.7 Å². The Kier molecular flexibility index (Phi) is 5.02. The van der Waals surface area contributed by atoms with Crippen LogP contribution in [0.15, 0.2) is 59.7 Å². The Labute approximate surface area is 147 Å². The summed E-state index contributed by atoms with van der Waals surface area (Å²) in [5.74, 6) is -1.38. The van der Waals surface area contributed by atoms with E-state index in [9.17, 15) is 18.8 Å². The highest BCUT2D eigenvalue weighted by Gasteiger charge is 2.12. The molecule has 2 amide bonds. The Morgan fingerprint density at radius 2 is 1.69 bits per heavy atom. The van der Waals surface area contributed by atoms with Crippen molar-refractivity contribution in [1.82, 2.24) is 20.0 Å². The molecule has 0 aliphatic rings. The van der Waals surface area contributed by atoms with E-state index in [4.69, 9.17) is 0 Å². The Bertz CT molecular complexity index is 1010. The predicted molar refractivity (Wildman–Crippen MR) is 92.5 cm³/mol. The van der Waals surface area contributed by atoms with Gasteiger partial charge in [0.15, 0.2) is 0 Å². The van der Waals surface area contributed by atoms with E-state index in [0.29, 0.717) is 11.2 Å². The third kappa shape index (κ3) is 3.75. The van der Waals surface area contributed by atoms with Crippen molar-refractivity contribution in [3.05, 3.63) is 82.2 Å². The molecule has 132 valence electrons. The highest BCUT2D eigenvalue weighted by molar-refractivity contribution is 5.95. The van der Waals surface area contributed by atoms with Gasteiger partial charge in [-0.1, -0.05) is 6.07 Å². The Balaban J connectivity index is 1.56. The zero-order valence-corrected chi connectivity index (χ0v) is 13.6. The SMILES string of the molecule is O=C(NCCNC(=O)c1cnc2ccccn2c1=O)c1ccc(F)cc1. The van der Waals surface area contributed by atoms with Crippen LogP contribution in [0.3, 0.4) is 0 Å². The summed E-state index contributed by atoms with van der Waals surface area (Å²) in [5, 5.41) is 5.15. The molecule has 0 aliphatic heterocycles. The van der Waals surface area contributed by atoms with Crippen molar-refractivity contribution in [2.45, 2.75) is 0 Å². The molecular formula is C18H15FN4O3. The van der Waals surface area contributed by atoms with Gasteiger partial charge in [0.05, 0.1) is 0 Å². The summed E-state index contributed by atoms with van der Waals surface area (Å²) in [5.41, 5.74) is 0.206. The van der Waals surface area contributed by atoms with Crippen molar-refractivity contribution in [3.63, 3.8) is 0 Å². The van der Waals surface area contributed by atoms with Crippen LogP contribution in [-0.2, 0) is 0 Å². The molecule has 0 bridgehead atoms. The van der Waals surface area contributed by atoms with Gasteiger partial charge in [-0.05, 0) is 36.4 Å².